The number of furan rings is 2. The smallest absolute Gasteiger partial charge is 0.0974 e. The van der Waals surface area contributed by atoms with Crippen LogP contribution in [0.3, 0.4) is 0 Å². The van der Waals surface area contributed by atoms with E-state index in [-0.39, 0.29) is 0 Å². The molecule has 0 bridgehead atoms. The van der Waals surface area contributed by atoms with Crippen LogP contribution >= 0.6 is 0 Å². The highest BCUT2D eigenvalue weighted by atomic mass is 16.3. The highest BCUT2D eigenvalue weighted by molar-refractivity contribution is 5.72. The lowest BCUT2D eigenvalue weighted by Gasteiger charge is -1.95. The molecule has 0 unspecified atom stereocenters. The molecule has 0 atom stereocenters. The van der Waals surface area contributed by atoms with Crippen LogP contribution in [-0.2, 0) is 0 Å². The zero-order chi connectivity index (χ0) is 13.6. The minimum atomic E-state index is 1.06. The van der Waals surface area contributed by atoms with Crippen molar-refractivity contribution in [1.29, 1.82) is 0 Å². The van der Waals surface area contributed by atoms with Crippen LogP contribution in [0.5, 0.6) is 0 Å². The van der Waals surface area contributed by atoms with Crippen molar-refractivity contribution in [2.75, 3.05) is 0 Å². The molecule has 3 rings (SSSR count). The fourth-order valence-corrected chi connectivity index (χ4v) is 1.84. The highest BCUT2D eigenvalue weighted by Crippen LogP contribution is 2.12. The van der Waals surface area contributed by atoms with Crippen molar-refractivity contribution in [3.05, 3.63) is 83.7 Å². The van der Waals surface area contributed by atoms with Gasteiger partial charge in [0.05, 0.1) is 25.1 Å². The molecule has 0 fully saturated rings. The number of rotatable bonds is 4. The number of benzene rings is 1. The van der Waals surface area contributed by atoms with Gasteiger partial charge in [-0.15, -0.1) is 0 Å². The van der Waals surface area contributed by atoms with E-state index in [0.717, 1.165) is 22.3 Å². The van der Waals surface area contributed by atoms with Gasteiger partial charge in [0.25, 0.3) is 0 Å². The van der Waals surface area contributed by atoms with E-state index in [1.165, 1.54) is 0 Å². The van der Waals surface area contributed by atoms with Crippen LogP contribution in [0, 0.1) is 0 Å². The van der Waals surface area contributed by atoms with E-state index < -0.39 is 0 Å². The molecular formula is C18H14O2. The van der Waals surface area contributed by atoms with Crippen LogP contribution in [0.2, 0.25) is 0 Å². The third-order valence-corrected chi connectivity index (χ3v) is 2.96. The summed E-state index contributed by atoms with van der Waals surface area (Å²) in [6.45, 7) is 0. The van der Waals surface area contributed by atoms with E-state index in [1.54, 1.807) is 25.1 Å². The Morgan fingerprint density at radius 1 is 0.500 bits per heavy atom. The van der Waals surface area contributed by atoms with E-state index in [0.29, 0.717) is 0 Å². The van der Waals surface area contributed by atoms with Gasteiger partial charge in [0.2, 0.25) is 0 Å². The molecule has 0 spiro atoms. The third-order valence-electron chi connectivity index (χ3n) is 2.96. The van der Waals surface area contributed by atoms with E-state index in [2.05, 4.69) is 36.4 Å². The normalized spacial score (nSPS) is 11.6. The van der Waals surface area contributed by atoms with Crippen LogP contribution in [0.4, 0.5) is 0 Å². The Kier molecular flexibility index (Phi) is 3.65. The molecule has 98 valence electrons. The first kappa shape index (κ1) is 12.3. The molecule has 0 aliphatic rings. The molecule has 0 amide bonds. The fourth-order valence-electron chi connectivity index (χ4n) is 1.84. The summed E-state index contributed by atoms with van der Waals surface area (Å²) in [5.74, 6) is 0. The zero-order valence-electron chi connectivity index (χ0n) is 10.9. The predicted molar refractivity (Wildman–Crippen MR) is 81.7 cm³/mol. The molecule has 2 nitrogen and oxygen atoms in total. The van der Waals surface area contributed by atoms with Crippen molar-refractivity contribution in [2.45, 2.75) is 0 Å². The average Bonchev–Trinajstić information content (AvgIpc) is 3.17. The Bertz CT molecular complexity index is 621. The van der Waals surface area contributed by atoms with Crippen LogP contribution in [0.1, 0.15) is 22.3 Å². The van der Waals surface area contributed by atoms with Gasteiger partial charge in [-0.05, 0) is 23.3 Å². The summed E-state index contributed by atoms with van der Waals surface area (Å²) in [5.41, 5.74) is 4.45. The van der Waals surface area contributed by atoms with Gasteiger partial charge in [-0.2, -0.15) is 0 Å². The molecule has 1 aromatic carbocycles. The monoisotopic (exact) mass is 262 g/mol. The lowest BCUT2D eigenvalue weighted by atomic mass is 10.1. The van der Waals surface area contributed by atoms with E-state index in [1.807, 2.05) is 24.3 Å². The predicted octanol–water partition coefficient (Wildman–Crippen LogP) is 5.21. The second-order valence-corrected chi connectivity index (χ2v) is 4.45. The van der Waals surface area contributed by atoms with Gasteiger partial charge in [0, 0.05) is 11.1 Å². The summed E-state index contributed by atoms with van der Waals surface area (Å²) < 4.78 is 10.0. The van der Waals surface area contributed by atoms with Gasteiger partial charge < -0.3 is 8.83 Å². The maximum absolute atomic E-state index is 5.02. The van der Waals surface area contributed by atoms with Crippen molar-refractivity contribution in [3.8, 4) is 0 Å². The van der Waals surface area contributed by atoms with Crippen molar-refractivity contribution in [3.63, 3.8) is 0 Å². The van der Waals surface area contributed by atoms with Crippen LogP contribution in [0.25, 0.3) is 24.3 Å². The van der Waals surface area contributed by atoms with Gasteiger partial charge in [-0.25, -0.2) is 0 Å². The standard InChI is InChI=1S/C18H14O2/c1-2-16(6-8-18-10-12-20-14-18)4-3-15(1)5-7-17-9-11-19-13-17/h1-14H/b7-5+,8-6+. The van der Waals surface area contributed by atoms with Crippen molar-refractivity contribution >= 4 is 24.3 Å². The lowest BCUT2D eigenvalue weighted by molar-refractivity contribution is 0.566. The molecule has 0 aliphatic heterocycles. The molecule has 2 heterocycles. The maximum atomic E-state index is 5.02. The minimum absolute atomic E-state index is 1.06. The summed E-state index contributed by atoms with van der Waals surface area (Å²) in [6, 6.07) is 12.2. The maximum Gasteiger partial charge on any atom is 0.0974 e. The minimum Gasteiger partial charge on any atom is -0.472 e. The van der Waals surface area contributed by atoms with E-state index >= 15 is 0 Å². The summed E-state index contributed by atoms with van der Waals surface area (Å²) >= 11 is 0. The second kappa shape index (κ2) is 5.93. The molecule has 0 saturated carbocycles. The van der Waals surface area contributed by atoms with Crippen molar-refractivity contribution < 1.29 is 8.83 Å². The van der Waals surface area contributed by atoms with Gasteiger partial charge in [0.1, 0.15) is 0 Å². The molecule has 2 heteroatoms. The topological polar surface area (TPSA) is 26.3 Å². The molecule has 0 saturated heterocycles. The first-order chi connectivity index (χ1) is 9.90. The first-order valence-corrected chi connectivity index (χ1v) is 6.41. The van der Waals surface area contributed by atoms with Crippen LogP contribution < -0.4 is 0 Å². The number of hydrogen-bond acceptors (Lipinski definition) is 2. The second-order valence-electron chi connectivity index (χ2n) is 4.45. The van der Waals surface area contributed by atoms with Gasteiger partial charge in [-0.1, -0.05) is 48.6 Å². The molecule has 2 aromatic heterocycles. The highest BCUT2D eigenvalue weighted by Gasteiger charge is 1.91. The summed E-state index contributed by atoms with van der Waals surface area (Å²) in [7, 11) is 0. The largest absolute Gasteiger partial charge is 0.472 e. The Labute approximate surface area is 117 Å². The molecular weight excluding hydrogens is 248 g/mol. The lowest BCUT2D eigenvalue weighted by Crippen LogP contribution is -1.74. The molecule has 0 N–H and O–H groups in total. The average molecular weight is 262 g/mol. The molecule has 20 heavy (non-hydrogen) atoms. The Hall–Kier alpha value is -2.74. The first-order valence-electron chi connectivity index (χ1n) is 6.41. The zero-order valence-corrected chi connectivity index (χ0v) is 10.9. The third kappa shape index (κ3) is 3.18. The van der Waals surface area contributed by atoms with Crippen molar-refractivity contribution in [2.24, 2.45) is 0 Å². The Morgan fingerprint density at radius 3 is 1.25 bits per heavy atom. The van der Waals surface area contributed by atoms with Crippen LogP contribution in [-0.4, -0.2) is 0 Å². The molecule has 3 aromatic rings. The fraction of sp³-hybridized carbons (Fsp3) is 0. The quantitative estimate of drug-likeness (QED) is 0.644. The van der Waals surface area contributed by atoms with Gasteiger partial charge >= 0.3 is 0 Å². The summed E-state index contributed by atoms with van der Waals surface area (Å²) in [4.78, 5) is 0. The van der Waals surface area contributed by atoms with E-state index in [4.69, 9.17) is 8.83 Å². The van der Waals surface area contributed by atoms with Gasteiger partial charge in [0.15, 0.2) is 0 Å². The van der Waals surface area contributed by atoms with Gasteiger partial charge in [-0.3, -0.25) is 0 Å². The van der Waals surface area contributed by atoms with Crippen LogP contribution in [0.15, 0.2) is 70.3 Å². The molecule has 0 radical (unpaired) electrons. The SMILES string of the molecule is C(=C\c1ccoc1)/c1ccc(/C=C/c2ccoc2)cc1. The Morgan fingerprint density at radius 2 is 0.900 bits per heavy atom. The van der Waals surface area contributed by atoms with E-state index in [9.17, 15) is 0 Å². The van der Waals surface area contributed by atoms with Crippen molar-refractivity contribution in [1.82, 2.24) is 0 Å². The Balaban J connectivity index is 1.68. The summed E-state index contributed by atoms with van der Waals surface area (Å²) in [6.07, 6.45) is 15.0. The molecule has 0 aliphatic carbocycles. The number of hydrogen-bond donors (Lipinski definition) is 0. The summed E-state index contributed by atoms with van der Waals surface area (Å²) in [5, 5.41) is 0.